The van der Waals surface area contributed by atoms with Crippen LogP contribution in [0.2, 0.25) is 5.02 Å². The molecule has 1 amide bonds. The van der Waals surface area contributed by atoms with E-state index in [0.717, 1.165) is 12.8 Å². The van der Waals surface area contributed by atoms with Crippen molar-refractivity contribution in [3.05, 3.63) is 94.5 Å². The molecule has 0 aromatic heterocycles. The fourth-order valence-corrected chi connectivity index (χ4v) is 4.47. The normalized spacial score (nSPS) is 13.4. The van der Waals surface area contributed by atoms with Crippen LogP contribution in [-0.2, 0) is 10.0 Å². The summed E-state index contributed by atoms with van der Waals surface area (Å²) in [6.45, 7) is 0. The number of sulfonamides is 1. The Morgan fingerprint density at radius 2 is 1.47 bits per heavy atom. The van der Waals surface area contributed by atoms with Gasteiger partial charge >= 0.3 is 0 Å². The van der Waals surface area contributed by atoms with Crippen LogP contribution >= 0.6 is 11.6 Å². The molecule has 3 aromatic rings. The Bertz CT molecular complexity index is 1260. The van der Waals surface area contributed by atoms with Gasteiger partial charge in [-0.3, -0.25) is 20.4 Å². The quantitative estimate of drug-likeness (QED) is 0.344. The standard InChI is InChI=1S/C23H20ClN3O4S/c24-16-7-5-15(6-8-16)22(28)20-3-1-2-4-21(20)23(29)26-25-17-11-13-19(14-12-17)32(30,31)27-18-9-10-18/h1-8,11-14,18,25,27H,9-10H2,(H,26,29). The van der Waals surface area contributed by atoms with E-state index in [9.17, 15) is 18.0 Å². The summed E-state index contributed by atoms with van der Waals surface area (Å²) >= 11 is 5.88. The summed E-state index contributed by atoms with van der Waals surface area (Å²) in [5, 5.41) is 0.513. The van der Waals surface area contributed by atoms with E-state index in [0.29, 0.717) is 16.3 Å². The first-order valence-electron chi connectivity index (χ1n) is 9.91. The van der Waals surface area contributed by atoms with Gasteiger partial charge in [0.2, 0.25) is 10.0 Å². The van der Waals surface area contributed by atoms with Crippen molar-refractivity contribution < 1.29 is 18.0 Å². The maximum atomic E-state index is 12.9. The first-order valence-corrected chi connectivity index (χ1v) is 11.8. The monoisotopic (exact) mass is 469 g/mol. The fraction of sp³-hybridized carbons (Fsp3) is 0.130. The lowest BCUT2D eigenvalue weighted by molar-refractivity contribution is 0.0950. The van der Waals surface area contributed by atoms with Gasteiger partial charge in [0.15, 0.2) is 5.78 Å². The zero-order valence-electron chi connectivity index (χ0n) is 16.8. The number of nitrogens with one attached hydrogen (secondary N) is 3. The lowest BCUT2D eigenvalue weighted by atomic mass is 9.98. The molecule has 0 spiro atoms. The Labute approximate surface area is 190 Å². The number of amides is 1. The van der Waals surface area contributed by atoms with Gasteiger partial charge in [-0.25, -0.2) is 13.1 Å². The van der Waals surface area contributed by atoms with Gasteiger partial charge in [0, 0.05) is 22.2 Å². The van der Waals surface area contributed by atoms with Crippen LogP contribution in [0.1, 0.15) is 39.1 Å². The van der Waals surface area contributed by atoms with Crippen molar-refractivity contribution in [2.75, 3.05) is 5.43 Å². The molecule has 1 aliphatic carbocycles. The Morgan fingerprint density at radius 1 is 0.844 bits per heavy atom. The molecule has 9 heteroatoms. The number of carbonyl (C=O) groups is 2. The summed E-state index contributed by atoms with van der Waals surface area (Å²) in [5.74, 6) is -0.805. The number of anilines is 1. The van der Waals surface area contributed by atoms with Gasteiger partial charge in [-0.15, -0.1) is 0 Å². The van der Waals surface area contributed by atoms with E-state index in [1.165, 1.54) is 12.1 Å². The van der Waals surface area contributed by atoms with E-state index in [4.69, 9.17) is 11.6 Å². The van der Waals surface area contributed by atoms with E-state index >= 15 is 0 Å². The van der Waals surface area contributed by atoms with Crippen LogP contribution in [0, 0.1) is 0 Å². The number of hydrogen-bond donors (Lipinski definition) is 3. The Kier molecular flexibility index (Phi) is 6.27. The summed E-state index contributed by atoms with van der Waals surface area (Å²) < 4.78 is 27.1. The summed E-state index contributed by atoms with van der Waals surface area (Å²) in [7, 11) is -3.54. The van der Waals surface area contributed by atoms with Gasteiger partial charge in [0.05, 0.1) is 16.1 Å². The van der Waals surface area contributed by atoms with Crippen molar-refractivity contribution in [2.24, 2.45) is 0 Å². The van der Waals surface area contributed by atoms with E-state index in [2.05, 4.69) is 15.6 Å². The Hall–Kier alpha value is -3.20. The first kappa shape index (κ1) is 22.0. The average Bonchev–Trinajstić information content (AvgIpc) is 3.61. The SMILES string of the molecule is O=C(NNc1ccc(S(=O)(=O)NC2CC2)cc1)c1ccccc1C(=O)c1ccc(Cl)cc1. The first-order chi connectivity index (χ1) is 15.3. The second kappa shape index (κ2) is 9.12. The van der Waals surface area contributed by atoms with Gasteiger partial charge < -0.3 is 0 Å². The number of carbonyl (C=O) groups excluding carboxylic acids is 2. The molecular formula is C23H20ClN3O4S. The van der Waals surface area contributed by atoms with Crippen LogP contribution in [0.4, 0.5) is 5.69 Å². The van der Waals surface area contributed by atoms with Crippen LogP contribution in [0.15, 0.2) is 77.7 Å². The molecule has 1 fully saturated rings. The van der Waals surface area contributed by atoms with Gasteiger partial charge in [0.1, 0.15) is 0 Å². The predicted octanol–water partition coefficient (Wildman–Crippen LogP) is 3.77. The van der Waals surface area contributed by atoms with Gasteiger partial charge in [-0.05, 0) is 67.4 Å². The van der Waals surface area contributed by atoms with Gasteiger partial charge in [-0.1, -0.05) is 29.8 Å². The Balaban J connectivity index is 1.44. The minimum atomic E-state index is -3.54. The molecule has 0 radical (unpaired) electrons. The summed E-state index contributed by atoms with van der Waals surface area (Å²) in [6, 6.07) is 18.9. The lowest BCUT2D eigenvalue weighted by Gasteiger charge is -2.12. The van der Waals surface area contributed by atoms with Crippen LogP contribution < -0.4 is 15.6 Å². The molecule has 0 heterocycles. The van der Waals surface area contributed by atoms with E-state index in [1.807, 2.05) is 0 Å². The highest BCUT2D eigenvalue weighted by molar-refractivity contribution is 7.89. The largest absolute Gasteiger partial charge is 0.298 e. The highest BCUT2D eigenvalue weighted by Crippen LogP contribution is 2.23. The second-order valence-electron chi connectivity index (χ2n) is 7.38. The molecule has 164 valence electrons. The molecule has 3 N–H and O–H groups in total. The summed E-state index contributed by atoms with van der Waals surface area (Å²) in [5.41, 5.74) is 6.65. The molecule has 1 aliphatic rings. The van der Waals surface area contributed by atoms with Crippen molar-refractivity contribution in [3.63, 3.8) is 0 Å². The lowest BCUT2D eigenvalue weighted by Crippen LogP contribution is -2.30. The molecule has 4 rings (SSSR count). The van der Waals surface area contributed by atoms with E-state index < -0.39 is 15.9 Å². The van der Waals surface area contributed by atoms with E-state index in [1.54, 1.807) is 60.7 Å². The van der Waals surface area contributed by atoms with Crippen molar-refractivity contribution in [3.8, 4) is 0 Å². The molecule has 0 aliphatic heterocycles. The predicted molar refractivity (Wildman–Crippen MR) is 122 cm³/mol. The maximum absolute atomic E-state index is 12.9. The molecule has 3 aromatic carbocycles. The highest BCUT2D eigenvalue weighted by Gasteiger charge is 2.27. The van der Waals surface area contributed by atoms with Crippen LogP contribution in [0.3, 0.4) is 0 Å². The van der Waals surface area contributed by atoms with Crippen molar-refractivity contribution in [1.29, 1.82) is 0 Å². The van der Waals surface area contributed by atoms with Crippen LogP contribution in [0.25, 0.3) is 0 Å². The summed E-state index contributed by atoms with van der Waals surface area (Å²) in [4.78, 5) is 25.7. The van der Waals surface area contributed by atoms with Gasteiger partial charge in [0.25, 0.3) is 5.91 Å². The van der Waals surface area contributed by atoms with Crippen molar-refractivity contribution >= 4 is 39.0 Å². The van der Waals surface area contributed by atoms with Crippen LogP contribution in [-0.4, -0.2) is 26.2 Å². The third-order valence-electron chi connectivity index (χ3n) is 4.91. The van der Waals surface area contributed by atoms with Crippen molar-refractivity contribution in [2.45, 2.75) is 23.8 Å². The molecule has 0 atom stereocenters. The molecule has 0 bridgehead atoms. The minimum Gasteiger partial charge on any atom is -0.298 e. The Morgan fingerprint density at radius 3 is 2.09 bits per heavy atom. The molecule has 1 saturated carbocycles. The smallest absolute Gasteiger partial charge is 0.270 e. The third kappa shape index (κ3) is 5.16. The second-order valence-corrected chi connectivity index (χ2v) is 9.53. The highest BCUT2D eigenvalue weighted by atomic mass is 35.5. The van der Waals surface area contributed by atoms with Gasteiger partial charge in [-0.2, -0.15) is 0 Å². The topological polar surface area (TPSA) is 104 Å². The molecule has 7 nitrogen and oxygen atoms in total. The molecule has 32 heavy (non-hydrogen) atoms. The summed E-state index contributed by atoms with van der Waals surface area (Å²) in [6.07, 6.45) is 1.71. The zero-order valence-corrected chi connectivity index (χ0v) is 18.4. The third-order valence-corrected chi connectivity index (χ3v) is 6.70. The average molecular weight is 470 g/mol. The number of rotatable bonds is 8. The number of hydrazine groups is 1. The number of ketones is 1. The molecule has 0 saturated heterocycles. The fourth-order valence-electron chi connectivity index (χ4n) is 3.04. The maximum Gasteiger partial charge on any atom is 0.270 e. The minimum absolute atomic E-state index is 0.0211. The number of benzene rings is 3. The van der Waals surface area contributed by atoms with Crippen LogP contribution in [0.5, 0.6) is 0 Å². The number of hydrogen-bond acceptors (Lipinski definition) is 5. The molecular weight excluding hydrogens is 450 g/mol. The number of halogens is 1. The molecule has 0 unspecified atom stereocenters. The van der Waals surface area contributed by atoms with Crippen molar-refractivity contribution in [1.82, 2.24) is 10.1 Å². The zero-order chi connectivity index (χ0) is 22.7. The van der Waals surface area contributed by atoms with E-state index in [-0.39, 0.29) is 27.8 Å².